The molecular weight excluding hydrogens is 343 g/mol. The van der Waals surface area contributed by atoms with Gasteiger partial charge in [0.15, 0.2) is 0 Å². The van der Waals surface area contributed by atoms with Crippen LogP contribution in [0.4, 0.5) is 10.1 Å². The van der Waals surface area contributed by atoms with Crippen molar-refractivity contribution < 1.29 is 9.18 Å². The van der Waals surface area contributed by atoms with Gasteiger partial charge >= 0.3 is 0 Å². The summed E-state index contributed by atoms with van der Waals surface area (Å²) in [6, 6.07) is 6.11. The van der Waals surface area contributed by atoms with Gasteiger partial charge in [-0.2, -0.15) is 11.3 Å². The zero-order valence-electron chi connectivity index (χ0n) is 11.2. The Hall–Kier alpha value is -1.76. The maximum atomic E-state index is 13.6. The number of aromatic nitrogens is 1. The Morgan fingerprint density at radius 2 is 2.18 bits per heavy atom. The van der Waals surface area contributed by atoms with Crippen molar-refractivity contribution in [1.82, 2.24) is 4.98 Å². The summed E-state index contributed by atoms with van der Waals surface area (Å²) in [5.41, 5.74) is 1.83. The Morgan fingerprint density at radius 1 is 1.32 bits per heavy atom. The molecule has 0 aliphatic rings. The van der Waals surface area contributed by atoms with Crippen LogP contribution in [0.3, 0.4) is 0 Å². The minimum absolute atomic E-state index is 0.0999. The Bertz CT molecular complexity index is 802. The molecule has 7 heteroatoms. The van der Waals surface area contributed by atoms with Crippen molar-refractivity contribution in [2.75, 3.05) is 5.32 Å². The second kappa shape index (κ2) is 6.56. The van der Waals surface area contributed by atoms with Gasteiger partial charge in [-0.25, -0.2) is 9.37 Å². The lowest BCUT2D eigenvalue weighted by molar-refractivity contribution is -0.115. The van der Waals surface area contributed by atoms with Gasteiger partial charge in [0.2, 0.25) is 5.91 Å². The Labute approximate surface area is 139 Å². The molecular formula is C15H10ClFN2OS2. The van der Waals surface area contributed by atoms with Gasteiger partial charge in [0, 0.05) is 21.3 Å². The molecule has 0 saturated carbocycles. The average Bonchev–Trinajstić information content (AvgIpc) is 3.12. The molecule has 0 aliphatic carbocycles. The van der Waals surface area contributed by atoms with E-state index in [-0.39, 0.29) is 23.0 Å². The van der Waals surface area contributed by atoms with Crippen molar-refractivity contribution >= 4 is 45.9 Å². The maximum absolute atomic E-state index is 13.6. The van der Waals surface area contributed by atoms with Crippen LogP contribution >= 0.6 is 34.3 Å². The van der Waals surface area contributed by atoms with Crippen molar-refractivity contribution in [2.45, 2.75) is 6.42 Å². The molecule has 1 aromatic carbocycles. The molecule has 112 valence electrons. The summed E-state index contributed by atoms with van der Waals surface area (Å²) in [5.74, 6) is -0.874. The van der Waals surface area contributed by atoms with Gasteiger partial charge < -0.3 is 5.32 Å². The van der Waals surface area contributed by atoms with Gasteiger partial charge in [-0.3, -0.25) is 4.79 Å². The highest BCUT2D eigenvalue weighted by molar-refractivity contribution is 7.14. The molecule has 0 fully saturated rings. The van der Waals surface area contributed by atoms with Crippen LogP contribution in [0.5, 0.6) is 0 Å². The molecule has 3 nitrogen and oxygen atoms in total. The molecule has 3 rings (SSSR count). The predicted octanol–water partition coefficient (Wildman–Crippen LogP) is 4.85. The molecule has 0 radical (unpaired) electrons. The van der Waals surface area contributed by atoms with Crippen molar-refractivity contribution in [3.05, 3.63) is 56.9 Å². The van der Waals surface area contributed by atoms with Crippen LogP contribution in [-0.4, -0.2) is 10.9 Å². The summed E-state index contributed by atoms with van der Waals surface area (Å²) in [6.07, 6.45) is 0.0999. The summed E-state index contributed by atoms with van der Waals surface area (Å²) in [6.45, 7) is 0. The van der Waals surface area contributed by atoms with Crippen LogP contribution in [-0.2, 0) is 11.2 Å². The maximum Gasteiger partial charge on any atom is 0.230 e. The first-order valence-corrected chi connectivity index (χ1v) is 8.54. The highest BCUT2D eigenvalue weighted by Gasteiger charge is 2.11. The molecule has 3 aromatic rings. The predicted molar refractivity (Wildman–Crippen MR) is 89.2 cm³/mol. The third-order valence-corrected chi connectivity index (χ3v) is 4.73. The van der Waals surface area contributed by atoms with E-state index >= 15 is 0 Å². The summed E-state index contributed by atoms with van der Waals surface area (Å²) in [7, 11) is 0. The third kappa shape index (κ3) is 3.52. The fraction of sp³-hybridized carbons (Fsp3) is 0.0667. The number of carbonyl (C=O) groups excluding carboxylic acids is 1. The van der Waals surface area contributed by atoms with Gasteiger partial charge in [0.1, 0.15) is 10.8 Å². The quantitative estimate of drug-likeness (QED) is 0.729. The molecule has 1 amide bonds. The number of nitrogens with one attached hydrogen (secondary N) is 1. The first kappa shape index (κ1) is 15.1. The fourth-order valence-electron chi connectivity index (χ4n) is 1.86. The number of thiazole rings is 1. The lowest BCUT2D eigenvalue weighted by atomic mass is 10.2. The molecule has 0 aliphatic heterocycles. The highest BCUT2D eigenvalue weighted by atomic mass is 35.5. The smallest absolute Gasteiger partial charge is 0.230 e. The summed E-state index contributed by atoms with van der Waals surface area (Å²) < 4.78 is 13.6. The molecule has 0 saturated heterocycles. The molecule has 22 heavy (non-hydrogen) atoms. The van der Waals surface area contributed by atoms with Crippen molar-refractivity contribution in [3.63, 3.8) is 0 Å². The van der Waals surface area contributed by atoms with Crippen molar-refractivity contribution in [2.24, 2.45) is 0 Å². The van der Waals surface area contributed by atoms with E-state index in [2.05, 4.69) is 10.3 Å². The van der Waals surface area contributed by atoms with E-state index in [4.69, 9.17) is 11.6 Å². The van der Waals surface area contributed by atoms with E-state index < -0.39 is 5.82 Å². The third-order valence-electron chi connectivity index (χ3n) is 2.87. The number of nitrogens with zero attached hydrogens (tertiary/aromatic N) is 1. The van der Waals surface area contributed by atoms with Gasteiger partial charge in [-0.05, 0) is 29.6 Å². The molecule has 0 bridgehead atoms. The van der Waals surface area contributed by atoms with Gasteiger partial charge in [-0.1, -0.05) is 11.6 Å². The van der Waals surface area contributed by atoms with Crippen LogP contribution in [0.1, 0.15) is 5.69 Å². The van der Waals surface area contributed by atoms with E-state index in [1.165, 1.54) is 23.5 Å². The van der Waals surface area contributed by atoms with E-state index in [1.807, 2.05) is 22.2 Å². The second-order valence-electron chi connectivity index (χ2n) is 4.51. The van der Waals surface area contributed by atoms with E-state index in [1.54, 1.807) is 11.3 Å². The number of anilines is 1. The topological polar surface area (TPSA) is 42.0 Å². The van der Waals surface area contributed by atoms with Gasteiger partial charge in [0.25, 0.3) is 0 Å². The molecule has 1 N–H and O–H groups in total. The summed E-state index contributed by atoms with van der Waals surface area (Å²) in [4.78, 5) is 16.4. The minimum Gasteiger partial charge on any atom is -0.323 e. The van der Waals surface area contributed by atoms with Crippen molar-refractivity contribution in [1.29, 1.82) is 0 Å². The lowest BCUT2D eigenvalue weighted by Crippen LogP contribution is -2.15. The number of amides is 1. The van der Waals surface area contributed by atoms with Crippen LogP contribution in [0, 0.1) is 5.82 Å². The number of hydrogen-bond acceptors (Lipinski definition) is 4. The largest absolute Gasteiger partial charge is 0.323 e. The second-order valence-corrected chi connectivity index (χ2v) is 6.58. The van der Waals surface area contributed by atoms with Gasteiger partial charge in [-0.15, -0.1) is 11.3 Å². The number of rotatable bonds is 4. The number of halogens is 2. The molecule has 0 atom stereocenters. The van der Waals surface area contributed by atoms with Crippen LogP contribution in [0.25, 0.3) is 10.6 Å². The monoisotopic (exact) mass is 352 g/mol. The normalized spacial score (nSPS) is 10.6. The van der Waals surface area contributed by atoms with E-state index in [0.717, 1.165) is 16.6 Å². The lowest BCUT2D eigenvalue weighted by Gasteiger charge is -2.05. The van der Waals surface area contributed by atoms with Crippen LogP contribution < -0.4 is 5.32 Å². The highest BCUT2D eigenvalue weighted by Crippen LogP contribution is 2.26. The van der Waals surface area contributed by atoms with Crippen LogP contribution in [0.2, 0.25) is 5.02 Å². The molecule has 2 heterocycles. The number of benzene rings is 1. The zero-order valence-corrected chi connectivity index (χ0v) is 13.6. The molecule has 0 unspecified atom stereocenters. The first-order valence-electron chi connectivity index (χ1n) is 6.34. The molecule has 2 aromatic heterocycles. The number of hydrogen-bond donors (Lipinski definition) is 1. The minimum atomic E-state index is -0.557. The van der Waals surface area contributed by atoms with E-state index in [9.17, 15) is 9.18 Å². The average molecular weight is 353 g/mol. The van der Waals surface area contributed by atoms with Crippen molar-refractivity contribution in [3.8, 4) is 10.6 Å². The Balaban J connectivity index is 1.67. The van der Waals surface area contributed by atoms with E-state index in [0.29, 0.717) is 5.69 Å². The SMILES string of the molecule is O=C(Cc1csc(-c2ccsc2)n1)Nc1ccc(Cl)cc1F. The number of carbonyl (C=O) groups is 1. The van der Waals surface area contributed by atoms with Gasteiger partial charge in [0.05, 0.1) is 17.8 Å². The van der Waals surface area contributed by atoms with Crippen LogP contribution in [0.15, 0.2) is 40.4 Å². The summed E-state index contributed by atoms with van der Waals surface area (Å²) in [5, 5.41) is 9.51. The zero-order chi connectivity index (χ0) is 15.5. The fourth-order valence-corrected chi connectivity index (χ4v) is 3.55. The number of thiophene rings is 1. The summed E-state index contributed by atoms with van der Waals surface area (Å²) >= 11 is 8.76. The molecule has 0 spiro atoms. The first-order chi connectivity index (χ1) is 10.6. The Morgan fingerprint density at radius 3 is 2.91 bits per heavy atom. The standard InChI is InChI=1S/C15H10ClFN2OS2/c16-10-1-2-13(12(17)5-10)19-14(20)6-11-8-22-15(18-11)9-3-4-21-7-9/h1-5,7-8H,6H2,(H,19,20). The Kier molecular flexibility index (Phi) is 4.52.